The molecule has 0 atom stereocenters. The summed E-state index contributed by atoms with van der Waals surface area (Å²) in [6, 6.07) is 7.42. The molecule has 5 heteroatoms. The third-order valence-electron chi connectivity index (χ3n) is 3.58. The molecule has 1 aromatic carbocycles. The maximum atomic E-state index is 12.1. The van der Waals surface area contributed by atoms with Gasteiger partial charge in [-0.05, 0) is 30.5 Å². The molecule has 1 aromatic rings. The molecule has 0 spiro atoms. The Morgan fingerprint density at radius 2 is 1.85 bits per heavy atom. The molecule has 0 aromatic heterocycles. The van der Waals surface area contributed by atoms with Crippen LogP contribution in [-0.2, 0) is 11.2 Å². The number of hydrogen-bond acceptors (Lipinski definition) is 3. The minimum absolute atomic E-state index is 0.0772. The number of nitrogens with one attached hydrogen (secondary N) is 1. The van der Waals surface area contributed by atoms with Gasteiger partial charge in [0.1, 0.15) is 5.75 Å². The predicted molar refractivity (Wildman–Crippen MR) is 84.9 cm³/mol. The zero-order valence-electron chi connectivity index (χ0n) is 12.2. The number of hydrogen-bond donors (Lipinski definition) is 2. The Bertz CT molecular complexity index is 467. The molecule has 20 heavy (non-hydrogen) atoms. The van der Waals surface area contributed by atoms with Gasteiger partial charge < -0.3 is 15.8 Å². The summed E-state index contributed by atoms with van der Waals surface area (Å²) in [6.45, 7) is 3.94. The average molecular weight is 294 g/mol. The number of nitrogens with two attached hydrogens (primary N) is 1. The van der Waals surface area contributed by atoms with Gasteiger partial charge >= 0.3 is 0 Å². The number of benzene rings is 1. The zero-order chi connectivity index (χ0) is 15.2. The molecule has 0 bridgehead atoms. The Balaban J connectivity index is 2.72. The van der Waals surface area contributed by atoms with Crippen LogP contribution in [0, 0.1) is 0 Å². The summed E-state index contributed by atoms with van der Waals surface area (Å²) in [6.07, 6.45) is 1.68. The quantitative estimate of drug-likeness (QED) is 0.757. The highest BCUT2D eigenvalue weighted by atomic mass is 32.1. The molecule has 0 saturated heterocycles. The minimum atomic E-state index is -0.584. The van der Waals surface area contributed by atoms with E-state index in [1.165, 1.54) is 0 Å². The first-order valence-corrected chi connectivity index (χ1v) is 7.12. The van der Waals surface area contributed by atoms with Crippen LogP contribution in [0.5, 0.6) is 5.75 Å². The van der Waals surface area contributed by atoms with Gasteiger partial charge in [-0.2, -0.15) is 0 Å². The molecule has 110 valence electrons. The van der Waals surface area contributed by atoms with E-state index in [2.05, 4.69) is 5.32 Å². The first kappa shape index (κ1) is 16.4. The normalized spacial score (nSPS) is 10.9. The van der Waals surface area contributed by atoms with E-state index >= 15 is 0 Å². The molecule has 0 unspecified atom stereocenters. The molecule has 0 aliphatic carbocycles. The van der Waals surface area contributed by atoms with Crippen molar-refractivity contribution in [1.82, 2.24) is 5.32 Å². The summed E-state index contributed by atoms with van der Waals surface area (Å²) in [5, 5.41) is 2.97. The molecule has 1 amide bonds. The van der Waals surface area contributed by atoms with Gasteiger partial charge in [0.05, 0.1) is 24.1 Å². The van der Waals surface area contributed by atoms with E-state index in [1.54, 1.807) is 7.11 Å². The molecule has 0 radical (unpaired) electrons. The van der Waals surface area contributed by atoms with E-state index in [0.29, 0.717) is 24.3 Å². The molecule has 1 rings (SSSR count). The molecule has 4 nitrogen and oxygen atoms in total. The Labute approximate surface area is 125 Å². The van der Waals surface area contributed by atoms with Crippen molar-refractivity contribution in [2.75, 3.05) is 7.11 Å². The second-order valence-electron chi connectivity index (χ2n) is 4.73. The number of carbonyl (C=O) groups is 1. The second kappa shape index (κ2) is 7.24. The number of amides is 1. The third kappa shape index (κ3) is 3.93. The monoisotopic (exact) mass is 294 g/mol. The van der Waals surface area contributed by atoms with Crippen LogP contribution in [0.25, 0.3) is 0 Å². The molecule has 0 aliphatic rings. The van der Waals surface area contributed by atoms with Crippen molar-refractivity contribution in [3.8, 4) is 5.75 Å². The molecular weight excluding hydrogens is 272 g/mol. The van der Waals surface area contributed by atoms with Crippen LogP contribution < -0.4 is 15.8 Å². The van der Waals surface area contributed by atoms with Gasteiger partial charge in [-0.25, -0.2) is 0 Å². The van der Waals surface area contributed by atoms with Crippen LogP contribution in [0.3, 0.4) is 0 Å². The van der Waals surface area contributed by atoms with E-state index in [1.807, 2.05) is 38.1 Å². The second-order valence-corrected chi connectivity index (χ2v) is 5.17. The highest BCUT2D eigenvalue weighted by Crippen LogP contribution is 2.17. The van der Waals surface area contributed by atoms with Crippen LogP contribution in [0.15, 0.2) is 24.3 Å². The molecule has 0 heterocycles. The lowest BCUT2D eigenvalue weighted by Gasteiger charge is -2.31. The van der Waals surface area contributed by atoms with Crippen molar-refractivity contribution in [2.24, 2.45) is 5.73 Å². The highest BCUT2D eigenvalue weighted by Gasteiger charge is 2.31. The van der Waals surface area contributed by atoms with Crippen LogP contribution in [0.1, 0.15) is 32.3 Å². The summed E-state index contributed by atoms with van der Waals surface area (Å²) < 4.78 is 5.09. The fraction of sp³-hybridized carbons (Fsp3) is 0.467. The molecule has 0 fully saturated rings. The summed E-state index contributed by atoms with van der Waals surface area (Å²) >= 11 is 5.09. The Morgan fingerprint density at radius 3 is 2.25 bits per heavy atom. The number of carbonyl (C=O) groups excluding carboxylic acids is 1. The number of ether oxygens (including phenoxy) is 1. The van der Waals surface area contributed by atoms with Gasteiger partial charge in [-0.1, -0.05) is 38.2 Å². The van der Waals surface area contributed by atoms with Crippen molar-refractivity contribution < 1.29 is 9.53 Å². The standard InChI is InChI=1S/C15H22N2O2S/c1-4-15(5-2,14(16)20)17-13(18)10-11-6-8-12(19-3)9-7-11/h6-9H,4-5,10H2,1-3H3,(H2,16,20)(H,17,18). The van der Waals surface area contributed by atoms with Crippen molar-refractivity contribution >= 4 is 23.1 Å². The fourth-order valence-electron chi connectivity index (χ4n) is 2.08. The van der Waals surface area contributed by atoms with Crippen LogP contribution in [0.2, 0.25) is 0 Å². The van der Waals surface area contributed by atoms with E-state index in [4.69, 9.17) is 22.7 Å². The van der Waals surface area contributed by atoms with E-state index in [9.17, 15) is 4.79 Å². The maximum Gasteiger partial charge on any atom is 0.225 e. The zero-order valence-corrected chi connectivity index (χ0v) is 13.0. The molecular formula is C15H22N2O2S. The van der Waals surface area contributed by atoms with E-state index in [0.717, 1.165) is 11.3 Å². The van der Waals surface area contributed by atoms with Gasteiger partial charge in [0, 0.05) is 0 Å². The predicted octanol–water partition coefficient (Wildman–Crippen LogP) is 2.20. The SMILES string of the molecule is CCC(CC)(NC(=O)Cc1ccc(OC)cc1)C(N)=S. The topological polar surface area (TPSA) is 64.3 Å². The summed E-state index contributed by atoms with van der Waals surface area (Å²) in [5.41, 5.74) is 6.11. The Kier molecular flexibility index (Phi) is 5.95. The summed E-state index contributed by atoms with van der Waals surface area (Å²) in [5.74, 6) is 0.695. The van der Waals surface area contributed by atoms with Gasteiger partial charge in [0.15, 0.2) is 0 Å². The van der Waals surface area contributed by atoms with E-state index in [-0.39, 0.29) is 5.91 Å². The minimum Gasteiger partial charge on any atom is -0.497 e. The van der Waals surface area contributed by atoms with Crippen LogP contribution >= 0.6 is 12.2 Å². The Morgan fingerprint density at radius 1 is 1.30 bits per heavy atom. The van der Waals surface area contributed by atoms with Gasteiger partial charge in [0.25, 0.3) is 0 Å². The van der Waals surface area contributed by atoms with Crippen LogP contribution in [-0.4, -0.2) is 23.5 Å². The van der Waals surface area contributed by atoms with Crippen molar-refractivity contribution in [1.29, 1.82) is 0 Å². The van der Waals surface area contributed by atoms with Crippen molar-refractivity contribution in [2.45, 2.75) is 38.6 Å². The van der Waals surface area contributed by atoms with Gasteiger partial charge in [0.2, 0.25) is 5.91 Å². The van der Waals surface area contributed by atoms with Gasteiger partial charge in [-0.15, -0.1) is 0 Å². The lowest BCUT2D eigenvalue weighted by molar-refractivity contribution is -0.121. The lowest BCUT2D eigenvalue weighted by Crippen LogP contribution is -2.56. The first-order chi connectivity index (χ1) is 9.47. The van der Waals surface area contributed by atoms with Crippen LogP contribution in [0.4, 0.5) is 0 Å². The molecule has 0 aliphatic heterocycles. The maximum absolute atomic E-state index is 12.1. The Hall–Kier alpha value is -1.62. The van der Waals surface area contributed by atoms with Gasteiger partial charge in [-0.3, -0.25) is 4.79 Å². The fourth-order valence-corrected chi connectivity index (χ4v) is 2.42. The first-order valence-electron chi connectivity index (χ1n) is 6.71. The smallest absolute Gasteiger partial charge is 0.225 e. The number of thiocarbonyl (C=S) groups is 1. The lowest BCUT2D eigenvalue weighted by atomic mass is 9.92. The largest absolute Gasteiger partial charge is 0.497 e. The molecule has 3 N–H and O–H groups in total. The highest BCUT2D eigenvalue weighted by molar-refractivity contribution is 7.80. The average Bonchev–Trinajstić information content (AvgIpc) is 2.45. The molecule has 0 saturated carbocycles. The summed E-state index contributed by atoms with van der Waals surface area (Å²) in [7, 11) is 1.61. The van der Waals surface area contributed by atoms with E-state index < -0.39 is 5.54 Å². The number of rotatable bonds is 7. The van der Waals surface area contributed by atoms with Crippen molar-refractivity contribution in [3.05, 3.63) is 29.8 Å². The third-order valence-corrected chi connectivity index (χ3v) is 3.97. The van der Waals surface area contributed by atoms with Crippen molar-refractivity contribution in [3.63, 3.8) is 0 Å². The number of methoxy groups -OCH3 is 1. The summed E-state index contributed by atoms with van der Waals surface area (Å²) in [4.78, 5) is 12.5.